The number of ether oxygens (including phenoxy) is 1. The van der Waals surface area contributed by atoms with Gasteiger partial charge in [0.05, 0.1) is 19.0 Å². The zero-order valence-electron chi connectivity index (χ0n) is 13.4. The Morgan fingerprint density at radius 3 is 2.50 bits per heavy atom. The number of morpholine rings is 1. The van der Waals surface area contributed by atoms with Crippen molar-refractivity contribution in [2.75, 3.05) is 32.8 Å². The largest absolute Gasteiger partial charge is 0.378 e. The maximum absolute atomic E-state index is 13.0. The molecular weight excluding hydrogens is 335 g/mol. The highest BCUT2D eigenvalue weighted by Crippen LogP contribution is 2.25. The second-order valence-corrected chi connectivity index (χ2v) is 8.01. The SMILES string of the molecule is O=C([C@@H]1CCCN1S(=O)(=O)Cc1ccc(F)cc1)N1CCOCC1. The van der Waals surface area contributed by atoms with Crippen LogP contribution >= 0.6 is 0 Å². The van der Waals surface area contributed by atoms with Crippen molar-refractivity contribution in [1.29, 1.82) is 0 Å². The number of hydrogen-bond acceptors (Lipinski definition) is 4. The molecule has 132 valence electrons. The van der Waals surface area contributed by atoms with E-state index < -0.39 is 21.9 Å². The van der Waals surface area contributed by atoms with Gasteiger partial charge in [0.25, 0.3) is 0 Å². The Morgan fingerprint density at radius 2 is 1.83 bits per heavy atom. The molecule has 1 aromatic rings. The monoisotopic (exact) mass is 356 g/mol. The van der Waals surface area contributed by atoms with Gasteiger partial charge in [-0.1, -0.05) is 12.1 Å². The fourth-order valence-electron chi connectivity index (χ4n) is 3.19. The fourth-order valence-corrected chi connectivity index (χ4v) is 4.96. The Morgan fingerprint density at radius 1 is 1.17 bits per heavy atom. The van der Waals surface area contributed by atoms with E-state index in [-0.39, 0.29) is 11.7 Å². The van der Waals surface area contributed by atoms with Crippen molar-refractivity contribution in [3.63, 3.8) is 0 Å². The Bertz CT molecular complexity index is 687. The van der Waals surface area contributed by atoms with Gasteiger partial charge in [-0.3, -0.25) is 4.79 Å². The van der Waals surface area contributed by atoms with Crippen molar-refractivity contribution in [1.82, 2.24) is 9.21 Å². The number of benzene rings is 1. The van der Waals surface area contributed by atoms with Crippen LogP contribution in [0.25, 0.3) is 0 Å². The highest BCUT2D eigenvalue weighted by Gasteiger charge is 2.40. The molecule has 24 heavy (non-hydrogen) atoms. The van der Waals surface area contributed by atoms with Gasteiger partial charge in [0.2, 0.25) is 15.9 Å². The van der Waals surface area contributed by atoms with Gasteiger partial charge < -0.3 is 9.64 Å². The Kier molecular flexibility index (Phi) is 5.17. The van der Waals surface area contributed by atoms with E-state index in [4.69, 9.17) is 4.74 Å². The van der Waals surface area contributed by atoms with Crippen molar-refractivity contribution in [3.8, 4) is 0 Å². The summed E-state index contributed by atoms with van der Waals surface area (Å²) in [5, 5.41) is 0. The molecule has 0 aliphatic carbocycles. The van der Waals surface area contributed by atoms with Crippen LogP contribution in [-0.2, 0) is 25.3 Å². The molecule has 8 heteroatoms. The molecule has 1 amide bonds. The van der Waals surface area contributed by atoms with Gasteiger partial charge in [0, 0.05) is 19.6 Å². The van der Waals surface area contributed by atoms with E-state index in [0.717, 1.165) is 0 Å². The third kappa shape index (κ3) is 3.76. The number of halogens is 1. The molecule has 2 aliphatic heterocycles. The van der Waals surface area contributed by atoms with Gasteiger partial charge in [0.15, 0.2) is 0 Å². The first-order chi connectivity index (χ1) is 11.5. The van der Waals surface area contributed by atoms with Gasteiger partial charge in [-0.15, -0.1) is 0 Å². The molecule has 2 aliphatic rings. The van der Waals surface area contributed by atoms with Crippen LogP contribution in [0.5, 0.6) is 0 Å². The van der Waals surface area contributed by atoms with Crippen LogP contribution in [0.4, 0.5) is 4.39 Å². The summed E-state index contributed by atoms with van der Waals surface area (Å²) in [4.78, 5) is 14.3. The summed E-state index contributed by atoms with van der Waals surface area (Å²) in [6.45, 7) is 2.33. The minimum Gasteiger partial charge on any atom is -0.378 e. The Balaban J connectivity index is 1.73. The summed E-state index contributed by atoms with van der Waals surface area (Å²) in [7, 11) is -3.63. The molecule has 0 N–H and O–H groups in total. The van der Waals surface area contributed by atoms with E-state index in [0.29, 0.717) is 51.3 Å². The molecule has 0 saturated carbocycles. The second kappa shape index (κ2) is 7.16. The maximum Gasteiger partial charge on any atom is 0.241 e. The van der Waals surface area contributed by atoms with Crippen LogP contribution in [0.15, 0.2) is 24.3 Å². The Labute approximate surface area is 141 Å². The highest BCUT2D eigenvalue weighted by atomic mass is 32.2. The minimum absolute atomic E-state index is 0.140. The summed E-state index contributed by atoms with van der Waals surface area (Å²) in [5.74, 6) is -0.767. The van der Waals surface area contributed by atoms with E-state index in [1.165, 1.54) is 28.6 Å². The van der Waals surface area contributed by atoms with Gasteiger partial charge >= 0.3 is 0 Å². The molecule has 2 fully saturated rings. The van der Waals surface area contributed by atoms with E-state index in [1.54, 1.807) is 4.90 Å². The summed E-state index contributed by atoms with van der Waals surface area (Å²) in [6, 6.07) is 4.77. The van der Waals surface area contributed by atoms with Crippen LogP contribution < -0.4 is 0 Å². The molecule has 1 atom stereocenters. The standard InChI is InChI=1S/C16H21FN2O4S/c17-14-5-3-13(4-6-14)12-24(21,22)19-7-1-2-15(19)16(20)18-8-10-23-11-9-18/h3-6,15H,1-2,7-12H2/t15-/m0/s1. The summed E-state index contributed by atoms with van der Waals surface area (Å²) in [5.41, 5.74) is 0.515. The number of sulfonamides is 1. The molecule has 0 unspecified atom stereocenters. The molecule has 1 aromatic carbocycles. The maximum atomic E-state index is 13.0. The highest BCUT2D eigenvalue weighted by molar-refractivity contribution is 7.88. The average molecular weight is 356 g/mol. The first kappa shape index (κ1) is 17.3. The molecular formula is C16H21FN2O4S. The van der Waals surface area contributed by atoms with Crippen molar-refractivity contribution in [2.24, 2.45) is 0 Å². The molecule has 0 radical (unpaired) electrons. The van der Waals surface area contributed by atoms with Crippen LogP contribution in [0, 0.1) is 5.82 Å². The van der Waals surface area contributed by atoms with E-state index in [9.17, 15) is 17.6 Å². The molecule has 2 heterocycles. The number of rotatable bonds is 4. The van der Waals surface area contributed by atoms with Gasteiger partial charge in [-0.05, 0) is 30.5 Å². The van der Waals surface area contributed by atoms with Gasteiger partial charge in [-0.25, -0.2) is 12.8 Å². The molecule has 0 aromatic heterocycles. The van der Waals surface area contributed by atoms with Crippen molar-refractivity contribution in [2.45, 2.75) is 24.6 Å². The lowest BCUT2D eigenvalue weighted by molar-refractivity contribution is -0.138. The molecule has 6 nitrogen and oxygen atoms in total. The van der Waals surface area contributed by atoms with E-state index >= 15 is 0 Å². The summed E-state index contributed by atoms with van der Waals surface area (Å²) < 4.78 is 45.0. The van der Waals surface area contributed by atoms with Gasteiger partial charge in [-0.2, -0.15) is 4.31 Å². The number of hydrogen-bond donors (Lipinski definition) is 0. The molecule has 3 rings (SSSR count). The predicted molar refractivity (Wildman–Crippen MR) is 86.2 cm³/mol. The zero-order chi connectivity index (χ0) is 17.2. The van der Waals surface area contributed by atoms with Crippen molar-refractivity contribution < 1.29 is 22.3 Å². The Hall–Kier alpha value is -1.51. The first-order valence-electron chi connectivity index (χ1n) is 8.08. The van der Waals surface area contributed by atoms with Crippen LogP contribution in [0.1, 0.15) is 18.4 Å². The number of amides is 1. The normalized spacial score (nSPS) is 22.7. The summed E-state index contributed by atoms with van der Waals surface area (Å²) >= 11 is 0. The number of carbonyl (C=O) groups is 1. The first-order valence-corrected chi connectivity index (χ1v) is 9.69. The second-order valence-electron chi connectivity index (χ2n) is 6.09. The van der Waals surface area contributed by atoms with Crippen LogP contribution in [0.3, 0.4) is 0 Å². The fraction of sp³-hybridized carbons (Fsp3) is 0.562. The molecule has 0 bridgehead atoms. The smallest absolute Gasteiger partial charge is 0.241 e. The molecule has 2 saturated heterocycles. The van der Waals surface area contributed by atoms with Crippen molar-refractivity contribution >= 4 is 15.9 Å². The third-order valence-electron chi connectivity index (χ3n) is 4.43. The quantitative estimate of drug-likeness (QED) is 0.807. The number of carbonyl (C=O) groups excluding carboxylic acids is 1. The lowest BCUT2D eigenvalue weighted by Gasteiger charge is -2.32. The summed E-state index contributed by atoms with van der Waals surface area (Å²) in [6.07, 6.45) is 1.21. The van der Waals surface area contributed by atoms with E-state index in [1.807, 2.05) is 0 Å². The van der Waals surface area contributed by atoms with Crippen LogP contribution in [-0.4, -0.2) is 62.4 Å². The zero-order valence-corrected chi connectivity index (χ0v) is 14.2. The average Bonchev–Trinajstić information content (AvgIpc) is 3.07. The van der Waals surface area contributed by atoms with E-state index in [2.05, 4.69) is 0 Å². The minimum atomic E-state index is -3.63. The van der Waals surface area contributed by atoms with Crippen LogP contribution in [0.2, 0.25) is 0 Å². The number of nitrogens with zero attached hydrogens (tertiary/aromatic N) is 2. The predicted octanol–water partition coefficient (Wildman–Crippen LogP) is 0.979. The lowest BCUT2D eigenvalue weighted by atomic mass is 10.2. The van der Waals surface area contributed by atoms with Crippen molar-refractivity contribution in [3.05, 3.63) is 35.6 Å². The molecule has 0 spiro atoms. The third-order valence-corrected chi connectivity index (χ3v) is 6.28. The van der Waals surface area contributed by atoms with Gasteiger partial charge in [0.1, 0.15) is 11.9 Å². The topological polar surface area (TPSA) is 66.9 Å². The lowest BCUT2D eigenvalue weighted by Crippen LogP contribution is -2.51.